The molecule has 0 radical (unpaired) electrons. The zero-order chi connectivity index (χ0) is 16.0. The third-order valence-corrected chi connectivity index (χ3v) is 7.83. The average molecular weight is 325 g/mol. The van der Waals surface area contributed by atoms with Gasteiger partial charge < -0.3 is 0 Å². The summed E-state index contributed by atoms with van der Waals surface area (Å²) in [5.41, 5.74) is 0. The number of nitrogens with zero attached hydrogens (tertiary/aromatic N) is 3. The van der Waals surface area contributed by atoms with Gasteiger partial charge >= 0.3 is 0 Å². The van der Waals surface area contributed by atoms with E-state index in [4.69, 9.17) is 0 Å². The summed E-state index contributed by atoms with van der Waals surface area (Å²) >= 11 is 0. The number of hydrogen-bond donors (Lipinski definition) is 0. The lowest BCUT2D eigenvalue weighted by atomic mass is 10.1. The first-order valence-electron chi connectivity index (χ1n) is 9.46. The van der Waals surface area contributed by atoms with Gasteiger partial charge in [-0.15, -0.1) is 0 Å². The Bertz CT molecular complexity index is 327. The second-order valence-electron chi connectivity index (χ2n) is 8.98. The predicted octanol–water partition coefficient (Wildman–Crippen LogP) is 4.40. The molecule has 3 saturated heterocycles. The molecule has 3 unspecified atom stereocenters. The van der Waals surface area contributed by atoms with Crippen LogP contribution in [-0.2, 0) is 0 Å². The van der Waals surface area contributed by atoms with E-state index in [1.807, 2.05) is 0 Å². The van der Waals surface area contributed by atoms with Crippen LogP contribution in [0.4, 0.5) is 0 Å². The predicted molar refractivity (Wildman–Crippen MR) is 96.8 cm³/mol. The summed E-state index contributed by atoms with van der Waals surface area (Å²) in [4.78, 5) is 0. The molecular formula is C18H36N3P. The monoisotopic (exact) mass is 325 g/mol. The van der Waals surface area contributed by atoms with Gasteiger partial charge in [0, 0.05) is 37.8 Å². The Hall–Kier alpha value is 0.310. The highest BCUT2D eigenvalue weighted by Crippen LogP contribution is 2.65. The summed E-state index contributed by atoms with van der Waals surface area (Å²) in [6.45, 7) is 18.3. The summed E-state index contributed by atoms with van der Waals surface area (Å²) < 4.78 is 8.53. The maximum Gasteiger partial charge on any atom is 0.121 e. The largest absolute Gasteiger partial charge is 0.251 e. The molecule has 4 heteroatoms. The van der Waals surface area contributed by atoms with Gasteiger partial charge in [-0.05, 0) is 37.0 Å². The normalized spacial score (nSPS) is 41.3. The molecule has 6 atom stereocenters. The van der Waals surface area contributed by atoms with Gasteiger partial charge in [0.05, 0.1) is 0 Å². The molecule has 0 aromatic rings. The minimum Gasteiger partial charge on any atom is -0.251 e. The molecule has 22 heavy (non-hydrogen) atoms. The molecule has 128 valence electrons. The topological polar surface area (TPSA) is 9.03 Å². The van der Waals surface area contributed by atoms with Gasteiger partial charge in [0.1, 0.15) is 8.37 Å². The molecule has 3 nitrogen and oxygen atoms in total. The highest BCUT2D eigenvalue weighted by atomic mass is 31.2. The van der Waals surface area contributed by atoms with Crippen molar-refractivity contribution in [3.8, 4) is 0 Å². The van der Waals surface area contributed by atoms with Gasteiger partial charge in [-0.25, -0.2) is 0 Å². The molecule has 0 aliphatic carbocycles. The third-order valence-electron chi connectivity index (χ3n) is 4.98. The van der Waals surface area contributed by atoms with Crippen molar-refractivity contribution in [1.82, 2.24) is 14.0 Å². The van der Waals surface area contributed by atoms with Crippen molar-refractivity contribution in [2.75, 3.05) is 19.6 Å². The van der Waals surface area contributed by atoms with Crippen molar-refractivity contribution < 1.29 is 0 Å². The summed E-state index contributed by atoms with van der Waals surface area (Å²) in [5, 5.41) is 0. The van der Waals surface area contributed by atoms with Crippen LogP contribution in [-0.4, -0.2) is 51.8 Å². The van der Waals surface area contributed by atoms with Crippen LogP contribution in [0.5, 0.6) is 0 Å². The van der Waals surface area contributed by atoms with E-state index < -0.39 is 0 Å². The summed E-state index contributed by atoms with van der Waals surface area (Å²) in [6.07, 6.45) is 4.18. The summed E-state index contributed by atoms with van der Waals surface area (Å²) in [7, 11) is -0.114. The zero-order valence-corrected chi connectivity index (χ0v) is 16.4. The summed E-state index contributed by atoms with van der Waals surface area (Å²) in [6, 6.07) is 2.64. The summed E-state index contributed by atoms with van der Waals surface area (Å²) in [5.74, 6) is 2.52. The maximum atomic E-state index is 2.84. The second-order valence-corrected chi connectivity index (χ2v) is 11.1. The van der Waals surface area contributed by atoms with E-state index >= 15 is 0 Å². The first kappa shape index (κ1) is 17.1. The lowest BCUT2D eigenvalue weighted by molar-refractivity contribution is 0.500. The van der Waals surface area contributed by atoms with Crippen molar-refractivity contribution in [2.24, 2.45) is 17.8 Å². The third kappa shape index (κ3) is 4.23. The molecule has 3 aliphatic heterocycles. The Kier molecular flexibility index (Phi) is 5.20. The molecule has 3 heterocycles. The highest BCUT2D eigenvalue weighted by Gasteiger charge is 2.57. The van der Waals surface area contributed by atoms with E-state index in [1.165, 1.54) is 38.9 Å². The fraction of sp³-hybridized carbons (Fsp3) is 1.00. The van der Waals surface area contributed by atoms with Crippen molar-refractivity contribution in [1.29, 1.82) is 0 Å². The fourth-order valence-corrected chi connectivity index (χ4v) is 6.88. The Morgan fingerprint density at radius 1 is 0.636 bits per heavy atom. The van der Waals surface area contributed by atoms with Crippen molar-refractivity contribution >= 4 is 8.37 Å². The minimum atomic E-state index is -0.114. The molecular weight excluding hydrogens is 289 g/mol. The first-order valence-corrected chi connectivity index (χ1v) is 10.7. The van der Waals surface area contributed by atoms with Gasteiger partial charge in [0.25, 0.3) is 0 Å². The molecule has 0 spiro atoms. The van der Waals surface area contributed by atoms with Crippen LogP contribution in [0.3, 0.4) is 0 Å². The maximum absolute atomic E-state index is 2.84. The van der Waals surface area contributed by atoms with E-state index in [9.17, 15) is 0 Å². The molecule has 3 fully saturated rings. The van der Waals surface area contributed by atoms with Crippen LogP contribution in [0.1, 0.15) is 60.8 Å². The van der Waals surface area contributed by atoms with Crippen LogP contribution in [0.15, 0.2) is 0 Å². The Labute approximate surface area is 139 Å². The average Bonchev–Trinajstić information content (AvgIpc) is 3.22. The fourth-order valence-electron chi connectivity index (χ4n) is 3.83. The number of hydrogen-bond acceptors (Lipinski definition) is 3. The molecule has 0 bridgehead atoms. The molecule has 0 N–H and O–H groups in total. The van der Waals surface area contributed by atoms with Gasteiger partial charge in [-0.1, -0.05) is 41.5 Å². The van der Waals surface area contributed by atoms with E-state index in [-0.39, 0.29) is 8.37 Å². The first-order chi connectivity index (χ1) is 10.4. The lowest BCUT2D eigenvalue weighted by Crippen LogP contribution is -2.14. The molecule has 3 aliphatic rings. The quantitative estimate of drug-likeness (QED) is 0.459. The zero-order valence-electron chi connectivity index (χ0n) is 15.5. The lowest BCUT2D eigenvalue weighted by Gasteiger charge is -2.24. The van der Waals surface area contributed by atoms with Crippen LogP contribution in [0, 0.1) is 17.8 Å². The van der Waals surface area contributed by atoms with E-state index in [0.29, 0.717) is 0 Å². The smallest absolute Gasteiger partial charge is 0.121 e. The van der Waals surface area contributed by atoms with E-state index in [1.54, 1.807) is 0 Å². The van der Waals surface area contributed by atoms with Crippen molar-refractivity contribution in [3.63, 3.8) is 0 Å². The molecule has 0 aromatic heterocycles. The molecule has 0 saturated carbocycles. The van der Waals surface area contributed by atoms with Gasteiger partial charge in [0.2, 0.25) is 0 Å². The Morgan fingerprint density at radius 3 is 1.14 bits per heavy atom. The minimum absolute atomic E-state index is 0.114. The molecule has 3 rings (SSSR count). The van der Waals surface area contributed by atoms with E-state index in [2.05, 4.69) is 55.6 Å². The molecule has 0 aromatic carbocycles. The molecule has 0 amide bonds. The number of rotatable bonds is 9. The van der Waals surface area contributed by atoms with Crippen molar-refractivity contribution in [2.45, 2.75) is 78.9 Å². The standard InChI is InChI=1S/C18H36N3P/c1-13(2)7-16-10-19(16)22(20-11-17(20)8-14(3)4)21-12-18(21)9-15(5)6/h13-18H,7-12H2,1-6H3/t16-,17-,18+,19?,20?,21?,22?/m1/s1. The van der Waals surface area contributed by atoms with Gasteiger partial charge in [-0.3, -0.25) is 14.0 Å². The van der Waals surface area contributed by atoms with Crippen LogP contribution in [0.25, 0.3) is 0 Å². The van der Waals surface area contributed by atoms with Crippen LogP contribution >= 0.6 is 8.37 Å². The Balaban J connectivity index is 1.57. The Morgan fingerprint density at radius 2 is 0.909 bits per heavy atom. The van der Waals surface area contributed by atoms with Crippen LogP contribution < -0.4 is 0 Å². The second kappa shape index (κ2) is 6.67. The van der Waals surface area contributed by atoms with Gasteiger partial charge in [-0.2, -0.15) is 0 Å². The van der Waals surface area contributed by atoms with Crippen molar-refractivity contribution in [3.05, 3.63) is 0 Å². The van der Waals surface area contributed by atoms with Crippen LogP contribution in [0.2, 0.25) is 0 Å². The van der Waals surface area contributed by atoms with E-state index in [0.717, 1.165) is 35.9 Å². The highest BCUT2D eigenvalue weighted by molar-refractivity contribution is 7.51. The SMILES string of the molecule is CC(C)C[C@@H]1CN1P(N1C[C@H]1CC(C)C)N1C[C@@H]1CC(C)C. The van der Waals surface area contributed by atoms with Gasteiger partial charge in [0.15, 0.2) is 0 Å².